The number of amides is 1. The number of carbonyl (C=O) groups excluding carboxylic acids is 4. The van der Waals surface area contributed by atoms with Crippen molar-refractivity contribution in [3.63, 3.8) is 0 Å². The molecule has 1 aliphatic heterocycles. The van der Waals surface area contributed by atoms with Crippen LogP contribution in [-0.2, 0) is 35.2 Å². The van der Waals surface area contributed by atoms with Gasteiger partial charge in [0.25, 0.3) is 5.54 Å². The van der Waals surface area contributed by atoms with Crippen LogP contribution < -0.4 is 0 Å². The maximum absolute atomic E-state index is 12.5. The molecule has 0 spiro atoms. The zero-order valence-corrected chi connectivity index (χ0v) is 14.9. The summed E-state index contributed by atoms with van der Waals surface area (Å²) in [4.78, 5) is 50.1. The van der Waals surface area contributed by atoms with Crippen LogP contribution in [0.25, 0.3) is 0 Å². The molecule has 1 saturated heterocycles. The Labute approximate surface area is 151 Å². The van der Waals surface area contributed by atoms with Crippen molar-refractivity contribution < 1.29 is 33.4 Å². The molecular formula is C18H21NO7. The minimum Gasteiger partial charge on any atom is -0.464 e. The normalized spacial score (nSPS) is 17.2. The highest BCUT2D eigenvalue weighted by molar-refractivity contribution is 6.19. The first-order valence-corrected chi connectivity index (χ1v) is 8.26. The molecule has 0 bridgehead atoms. The number of hydrogen-bond donors (Lipinski definition) is 0. The van der Waals surface area contributed by atoms with Crippen molar-refractivity contribution in [1.29, 1.82) is 0 Å². The van der Waals surface area contributed by atoms with Gasteiger partial charge >= 0.3 is 18.0 Å². The largest absolute Gasteiger partial charge is 0.464 e. The van der Waals surface area contributed by atoms with E-state index >= 15 is 0 Å². The van der Waals surface area contributed by atoms with Crippen molar-refractivity contribution in [3.05, 3.63) is 35.9 Å². The highest BCUT2D eigenvalue weighted by atomic mass is 16.6. The molecule has 1 atom stereocenters. The first-order chi connectivity index (χ1) is 12.4. The van der Waals surface area contributed by atoms with Crippen molar-refractivity contribution in [1.82, 2.24) is 4.90 Å². The Balaban J connectivity index is 2.25. The number of carbonyl (C=O) groups is 4. The maximum Gasteiger partial charge on any atom is 0.412 e. The summed E-state index contributed by atoms with van der Waals surface area (Å²) >= 11 is 0. The molecule has 0 aliphatic carbocycles. The molecular weight excluding hydrogens is 342 g/mol. The first kappa shape index (κ1) is 19.4. The predicted molar refractivity (Wildman–Crippen MR) is 88.9 cm³/mol. The van der Waals surface area contributed by atoms with Crippen LogP contribution in [0.2, 0.25) is 0 Å². The second-order valence-corrected chi connectivity index (χ2v) is 5.63. The number of ketones is 1. The second kappa shape index (κ2) is 7.99. The molecule has 1 fully saturated rings. The number of ether oxygens (including phenoxy) is 3. The summed E-state index contributed by atoms with van der Waals surface area (Å²) in [5.74, 6) is -2.55. The molecule has 140 valence electrons. The quantitative estimate of drug-likeness (QED) is 0.313. The van der Waals surface area contributed by atoms with Crippen LogP contribution in [0.4, 0.5) is 4.79 Å². The zero-order chi connectivity index (χ0) is 19.3. The van der Waals surface area contributed by atoms with E-state index in [1.54, 1.807) is 38.1 Å². The van der Waals surface area contributed by atoms with Crippen LogP contribution in [-0.4, -0.2) is 53.5 Å². The summed E-state index contributed by atoms with van der Waals surface area (Å²) in [5.41, 5.74) is -1.40. The van der Waals surface area contributed by atoms with Gasteiger partial charge in [-0.05, 0) is 26.3 Å². The van der Waals surface area contributed by atoms with Crippen molar-refractivity contribution in [2.75, 3.05) is 13.2 Å². The van der Waals surface area contributed by atoms with Crippen molar-refractivity contribution >= 4 is 23.8 Å². The van der Waals surface area contributed by atoms with E-state index in [0.717, 1.165) is 10.5 Å². The van der Waals surface area contributed by atoms with Gasteiger partial charge in [-0.2, -0.15) is 0 Å². The molecule has 1 aromatic carbocycles. The minimum absolute atomic E-state index is 0.0164. The lowest BCUT2D eigenvalue weighted by atomic mass is 10.0. The van der Waals surface area contributed by atoms with E-state index < -0.39 is 35.4 Å². The number of rotatable bonds is 7. The van der Waals surface area contributed by atoms with Gasteiger partial charge in [0.15, 0.2) is 5.78 Å². The van der Waals surface area contributed by atoms with Gasteiger partial charge in [0, 0.05) is 0 Å². The fraction of sp³-hybridized carbons (Fsp3) is 0.444. The monoisotopic (exact) mass is 363 g/mol. The van der Waals surface area contributed by atoms with Gasteiger partial charge < -0.3 is 14.2 Å². The highest BCUT2D eigenvalue weighted by Crippen LogP contribution is 2.45. The molecule has 0 radical (unpaired) electrons. The van der Waals surface area contributed by atoms with E-state index in [9.17, 15) is 19.2 Å². The van der Waals surface area contributed by atoms with Crippen LogP contribution in [0.1, 0.15) is 26.3 Å². The summed E-state index contributed by atoms with van der Waals surface area (Å²) in [6, 6.07) is 7.57. The number of esters is 2. The summed E-state index contributed by atoms with van der Waals surface area (Å²) in [6.07, 6.45) is -0.963. The molecule has 26 heavy (non-hydrogen) atoms. The smallest absolute Gasteiger partial charge is 0.412 e. The topological polar surface area (TPSA) is 99.0 Å². The minimum atomic E-state index is -2.12. The summed E-state index contributed by atoms with van der Waals surface area (Å²) in [6.45, 7) is 4.19. The molecule has 1 unspecified atom stereocenters. The standard InChI is InChI=1S/C18H21NO7/c1-4-24-15(21)18(16(22)25-5-2)14(12(3)20)19(18)17(23)26-11-13-9-7-6-8-10-13/h6-10,14H,4-5,11H2,1-3H3. The van der Waals surface area contributed by atoms with Crippen LogP contribution in [0.3, 0.4) is 0 Å². The van der Waals surface area contributed by atoms with Crippen LogP contribution in [0.15, 0.2) is 30.3 Å². The van der Waals surface area contributed by atoms with Crippen LogP contribution >= 0.6 is 0 Å². The van der Waals surface area contributed by atoms with Gasteiger partial charge in [-0.1, -0.05) is 30.3 Å². The second-order valence-electron chi connectivity index (χ2n) is 5.63. The Hall–Kier alpha value is -2.90. The summed E-state index contributed by atoms with van der Waals surface area (Å²) < 4.78 is 15.0. The fourth-order valence-electron chi connectivity index (χ4n) is 2.79. The number of hydrogen-bond acceptors (Lipinski definition) is 7. The Morgan fingerprint density at radius 2 is 1.50 bits per heavy atom. The number of nitrogens with zero attached hydrogens (tertiary/aromatic N) is 1. The summed E-state index contributed by atoms with van der Waals surface area (Å²) in [5, 5.41) is 0. The molecule has 1 amide bonds. The average Bonchev–Trinajstić information content (AvgIpc) is 3.33. The van der Waals surface area contributed by atoms with E-state index in [0.29, 0.717) is 0 Å². The molecule has 8 nitrogen and oxygen atoms in total. The predicted octanol–water partition coefficient (Wildman–Crippen LogP) is 1.46. The van der Waals surface area contributed by atoms with Gasteiger partial charge in [0.05, 0.1) is 13.2 Å². The molecule has 1 aliphatic rings. The number of benzene rings is 1. The molecule has 1 aromatic rings. The Morgan fingerprint density at radius 3 is 1.96 bits per heavy atom. The van der Waals surface area contributed by atoms with E-state index in [1.807, 2.05) is 6.07 Å². The summed E-state index contributed by atoms with van der Waals surface area (Å²) in [7, 11) is 0. The van der Waals surface area contributed by atoms with Gasteiger partial charge in [-0.25, -0.2) is 14.4 Å². The fourth-order valence-corrected chi connectivity index (χ4v) is 2.79. The van der Waals surface area contributed by atoms with Crippen molar-refractivity contribution in [2.45, 2.75) is 39.0 Å². The molecule has 1 heterocycles. The van der Waals surface area contributed by atoms with E-state index in [1.165, 1.54) is 6.92 Å². The first-order valence-electron chi connectivity index (χ1n) is 8.26. The van der Waals surface area contributed by atoms with Gasteiger partial charge in [-0.15, -0.1) is 0 Å². The van der Waals surface area contributed by atoms with Gasteiger partial charge in [-0.3, -0.25) is 9.69 Å². The Morgan fingerprint density at radius 1 is 0.962 bits per heavy atom. The van der Waals surface area contributed by atoms with Crippen molar-refractivity contribution in [2.24, 2.45) is 0 Å². The maximum atomic E-state index is 12.5. The SMILES string of the molecule is CCOC(=O)C1(C(=O)OCC)C(C(C)=O)N1C(=O)OCc1ccccc1. The highest BCUT2D eigenvalue weighted by Gasteiger charge is 2.80. The number of Topliss-reactive ketones (excluding diaryl/α,β-unsaturated/α-hetero) is 1. The molecule has 2 rings (SSSR count). The van der Waals surface area contributed by atoms with Crippen LogP contribution in [0, 0.1) is 0 Å². The van der Waals surface area contributed by atoms with E-state index in [2.05, 4.69) is 0 Å². The average molecular weight is 363 g/mol. The van der Waals surface area contributed by atoms with Crippen LogP contribution in [0.5, 0.6) is 0 Å². The van der Waals surface area contributed by atoms with Crippen molar-refractivity contribution in [3.8, 4) is 0 Å². The lowest BCUT2D eigenvalue weighted by Crippen LogP contribution is -2.44. The van der Waals surface area contributed by atoms with E-state index in [4.69, 9.17) is 14.2 Å². The lowest BCUT2D eigenvalue weighted by Gasteiger charge is -2.14. The lowest BCUT2D eigenvalue weighted by molar-refractivity contribution is -0.161. The van der Waals surface area contributed by atoms with Gasteiger partial charge in [0.1, 0.15) is 12.6 Å². The molecule has 0 aromatic heterocycles. The van der Waals surface area contributed by atoms with Gasteiger partial charge in [0.2, 0.25) is 0 Å². The third-order valence-corrected chi connectivity index (χ3v) is 3.93. The Bertz CT molecular complexity index is 683. The molecule has 0 saturated carbocycles. The zero-order valence-electron chi connectivity index (χ0n) is 14.9. The third-order valence-electron chi connectivity index (χ3n) is 3.93. The molecule has 8 heteroatoms. The third kappa shape index (κ3) is 3.40. The molecule has 0 N–H and O–H groups in total. The Kier molecular flexibility index (Phi) is 5.97. The van der Waals surface area contributed by atoms with E-state index in [-0.39, 0.29) is 19.8 Å².